The summed E-state index contributed by atoms with van der Waals surface area (Å²) in [5.74, 6) is 0.473. The van der Waals surface area contributed by atoms with Crippen molar-refractivity contribution < 1.29 is 4.79 Å². The molecule has 1 fully saturated rings. The molecule has 21 heavy (non-hydrogen) atoms. The van der Waals surface area contributed by atoms with Crippen LogP contribution in [0.5, 0.6) is 0 Å². The van der Waals surface area contributed by atoms with E-state index in [9.17, 15) is 4.79 Å². The van der Waals surface area contributed by atoms with E-state index in [1.165, 1.54) is 11.1 Å². The van der Waals surface area contributed by atoms with Gasteiger partial charge in [-0.1, -0.05) is 32.9 Å². The van der Waals surface area contributed by atoms with E-state index in [1.807, 2.05) is 4.90 Å². The summed E-state index contributed by atoms with van der Waals surface area (Å²) in [4.78, 5) is 14.6. The number of halogens is 1. The van der Waals surface area contributed by atoms with Gasteiger partial charge in [0, 0.05) is 18.8 Å². The van der Waals surface area contributed by atoms with Gasteiger partial charge in [-0.25, -0.2) is 0 Å². The van der Waals surface area contributed by atoms with Crippen molar-refractivity contribution in [2.24, 2.45) is 5.92 Å². The average molecular weight is 309 g/mol. The van der Waals surface area contributed by atoms with Gasteiger partial charge in [-0.3, -0.25) is 4.79 Å². The number of benzene rings is 1. The highest BCUT2D eigenvalue weighted by atomic mass is 35.5. The molecule has 1 saturated heterocycles. The number of hydrogen-bond acceptors (Lipinski definition) is 2. The molecule has 0 radical (unpaired) electrons. The minimum absolute atomic E-state index is 0. The molecule has 1 aromatic rings. The van der Waals surface area contributed by atoms with Gasteiger partial charge in [0.2, 0.25) is 5.91 Å². The van der Waals surface area contributed by atoms with Gasteiger partial charge in [0.05, 0.1) is 5.92 Å². The number of nitrogens with zero attached hydrogens (tertiary/aromatic N) is 1. The van der Waals surface area contributed by atoms with Gasteiger partial charge in [0.1, 0.15) is 0 Å². The van der Waals surface area contributed by atoms with E-state index >= 15 is 0 Å². The second kappa shape index (κ2) is 5.98. The van der Waals surface area contributed by atoms with Crippen molar-refractivity contribution >= 4 is 24.0 Å². The maximum Gasteiger partial charge on any atom is 0.231 e. The van der Waals surface area contributed by atoms with Crippen molar-refractivity contribution in [3.05, 3.63) is 29.3 Å². The molecule has 3 nitrogen and oxygen atoms in total. The Morgan fingerprint density at radius 1 is 1.33 bits per heavy atom. The predicted molar refractivity (Wildman–Crippen MR) is 89.4 cm³/mol. The van der Waals surface area contributed by atoms with Crippen molar-refractivity contribution in [3.8, 4) is 0 Å². The average Bonchev–Trinajstić information content (AvgIpc) is 3.06. The highest BCUT2D eigenvalue weighted by Crippen LogP contribution is 2.34. The van der Waals surface area contributed by atoms with Crippen LogP contribution in [0.4, 0.5) is 5.69 Å². The van der Waals surface area contributed by atoms with Crippen molar-refractivity contribution in [2.45, 2.75) is 39.0 Å². The number of rotatable bonds is 1. The lowest BCUT2D eigenvalue weighted by atomic mass is 9.86. The van der Waals surface area contributed by atoms with Crippen LogP contribution in [0.15, 0.2) is 18.2 Å². The molecule has 4 heteroatoms. The zero-order valence-corrected chi connectivity index (χ0v) is 13.9. The molecule has 116 valence electrons. The molecule has 1 aromatic carbocycles. The summed E-state index contributed by atoms with van der Waals surface area (Å²) >= 11 is 0. The lowest BCUT2D eigenvalue weighted by Gasteiger charge is -2.23. The Morgan fingerprint density at radius 2 is 2.10 bits per heavy atom. The number of carbonyl (C=O) groups excluding carboxylic acids is 1. The van der Waals surface area contributed by atoms with E-state index in [0.717, 1.165) is 38.2 Å². The molecule has 0 aromatic heterocycles. The van der Waals surface area contributed by atoms with Crippen LogP contribution in [-0.2, 0) is 16.6 Å². The number of amides is 1. The van der Waals surface area contributed by atoms with Crippen molar-refractivity contribution in [1.82, 2.24) is 5.32 Å². The minimum atomic E-state index is 0. The molecule has 0 saturated carbocycles. The molecule has 0 aliphatic carbocycles. The second-order valence-electron chi connectivity index (χ2n) is 7.02. The topological polar surface area (TPSA) is 32.3 Å². The minimum Gasteiger partial charge on any atom is -0.316 e. The molecular weight excluding hydrogens is 284 g/mol. The smallest absolute Gasteiger partial charge is 0.231 e. The van der Waals surface area contributed by atoms with Crippen LogP contribution in [0.3, 0.4) is 0 Å². The highest BCUT2D eigenvalue weighted by molar-refractivity contribution is 5.97. The van der Waals surface area contributed by atoms with Crippen molar-refractivity contribution in [2.75, 3.05) is 24.5 Å². The zero-order chi connectivity index (χ0) is 14.3. The number of anilines is 1. The van der Waals surface area contributed by atoms with Gasteiger partial charge >= 0.3 is 0 Å². The fourth-order valence-electron chi connectivity index (χ4n) is 3.18. The van der Waals surface area contributed by atoms with E-state index in [4.69, 9.17) is 0 Å². The fourth-order valence-corrected chi connectivity index (χ4v) is 3.18. The first kappa shape index (κ1) is 16.3. The van der Waals surface area contributed by atoms with Crippen LogP contribution in [0.2, 0.25) is 0 Å². The van der Waals surface area contributed by atoms with E-state index < -0.39 is 0 Å². The van der Waals surface area contributed by atoms with Gasteiger partial charge in [-0.15, -0.1) is 12.4 Å². The van der Waals surface area contributed by atoms with Crippen LogP contribution < -0.4 is 10.2 Å². The first-order chi connectivity index (χ1) is 9.47. The summed E-state index contributed by atoms with van der Waals surface area (Å²) in [5.41, 5.74) is 3.99. The molecule has 0 bridgehead atoms. The molecule has 2 aliphatic heterocycles. The molecule has 2 heterocycles. The number of nitrogens with one attached hydrogen (secondary N) is 1. The SMILES string of the molecule is CC(C)(C)c1ccc2c(c1)CCN2C(=O)C1CCNC1.Cl. The fraction of sp³-hybridized carbons (Fsp3) is 0.588. The largest absolute Gasteiger partial charge is 0.316 e. The van der Waals surface area contributed by atoms with E-state index in [2.05, 4.69) is 44.3 Å². The van der Waals surface area contributed by atoms with Crippen LogP contribution in [-0.4, -0.2) is 25.5 Å². The van der Waals surface area contributed by atoms with E-state index in [-0.39, 0.29) is 23.7 Å². The Balaban J connectivity index is 0.00000161. The highest BCUT2D eigenvalue weighted by Gasteiger charge is 2.32. The Kier molecular flexibility index (Phi) is 4.64. The molecule has 3 rings (SSSR count). The van der Waals surface area contributed by atoms with E-state index in [0.29, 0.717) is 5.91 Å². The quantitative estimate of drug-likeness (QED) is 0.865. The van der Waals surface area contributed by atoms with Crippen LogP contribution in [0, 0.1) is 5.92 Å². The van der Waals surface area contributed by atoms with Gasteiger partial charge in [-0.05, 0) is 42.0 Å². The third kappa shape index (κ3) is 3.09. The summed E-state index contributed by atoms with van der Waals surface area (Å²) in [6.07, 6.45) is 1.97. The predicted octanol–water partition coefficient (Wildman–Crippen LogP) is 2.90. The molecule has 1 N–H and O–H groups in total. The monoisotopic (exact) mass is 308 g/mol. The zero-order valence-electron chi connectivity index (χ0n) is 13.1. The Labute approximate surface area is 133 Å². The first-order valence-electron chi connectivity index (χ1n) is 7.62. The van der Waals surface area contributed by atoms with Gasteiger partial charge in [0.25, 0.3) is 0 Å². The Hall–Kier alpha value is -1.06. The molecule has 1 unspecified atom stereocenters. The number of fused-ring (bicyclic) bond motifs is 1. The third-order valence-electron chi connectivity index (χ3n) is 4.52. The lowest BCUT2D eigenvalue weighted by Crippen LogP contribution is -2.35. The summed E-state index contributed by atoms with van der Waals surface area (Å²) < 4.78 is 0. The molecular formula is C17H25ClN2O. The Morgan fingerprint density at radius 3 is 2.71 bits per heavy atom. The molecule has 2 aliphatic rings. The summed E-state index contributed by atoms with van der Waals surface area (Å²) in [6, 6.07) is 6.61. The van der Waals surface area contributed by atoms with Crippen LogP contribution in [0.1, 0.15) is 38.3 Å². The number of hydrogen-bond donors (Lipinski definition) is 1. The standard InChI is InChI=1S/C17H24N2O.ClH/c1-17(2,3)14-4-5-15-12(10-14)7-9-19(15)16(20)13-6-8-18-11-13;/h4-5,10,13,18H,6-9,11H2,1-3H3;1H. The number of carbonyl (C=O) groups is 1. The summed E-state index contributed by atoms with van der Waals surface area (Å²) in [7, 11) is 0. The second-order valence-corrected chi connectivity index (χ2v) is 7.02. The van der Waals surface area contributed by atoms with Crippen molar-refractivity contribution in [1.29, 1.82) is 0 Å². The maximum absolute atomic E-state index is 12.6. The van der Waals surface area contributed by atoms with E-state index in [1.54, 1.807) is 0 Å². The van der Waals surface area contributed by atoms with Gasteiger partial charge < -0.3 is 10.2 Å². The Bertz CT molecular complexity index is 530. The molecule has 0 spiro atoms. The normalized spacial score (nSPS) is 21.1. The lowest BCUT2D eigenvalue weighted by molar-refractivity contribution is -0.121. The molecule has 1 amide bonds. The molecule has 1 atom stereocenters. The van der Waals surface area contributed by atoms with Crippen LogP contribution >= 0.6 is 12.4 Å². The van der Waals surface area contributed by atoms with Gasteiger partial charge in [0.15, 0.2) is 0 Å². The van der Waals surface area contributed by atoms with Gasteiger partial charge in [-0.2, -0.15) is 0 Å². The maximum atomic E-state index is 12.6. The van der Waals surface area contributed by atoms with Crippen molar-refractivity contribution in [3.63, 3.8) is 0 Å². The first-order valence-corrected chi connectivity index (χ1v) is 7.62. The summed E-state index contributed by atoms with van der Waals surface area (Å²) in [5, 5.41) is 3.28. The van der Waals surface area contributed by atoms with Crippen LogP contribution in [0.25, 0.3) is 0 Å². The third-order valence-corrected chi connectivity index (χ3v) is 4.52. The summed E-state index contributed by atoms with van der Waals surface area (Å²) in [6.45, 7) is 9.35.